The van der Waals surface area contributed by atoms with Gasteiger partial charge in [-0.3, -0.25) is 4.79 Å². The third-order valence-electron chi connectivity index (χ3n) is 4.43. The van der Waals surface area contributed by atoms with Crippen LogP contribution >= 0.6 is 11.8 Å². The van der Waals surface area contributed by atoms with Crippen LogP contribution in [0.2, 0.25) is 0 Å². The number of benzene rings is 2. The smallest absolute Gasteiger partial charge is 0.236 e. The van der Waals surface area contributed by atoms with E-state index in [0.29, 0.717) is 0 Å². The number of hydrogen-bond acceptors (Lipinski definition) is 3. The summed E-state index contributed by atoms with van der Waals surface area (Å²) in [6.07, 6.45) is 0.895. The summed E-state index contributed by atoms with van der Waals surface area (Å²) in [4.78, 5) is 16.7. The third kappa shape index (κ3) is 3.59. The Bertz CT molecular complexity index is 685. The molecule has 2 unspecified atom stereocenters. The molecule has 0 spiro atoms. The van der Waals surface area contributed by atoms with Gasteiger partial charge in [0.15, 0.2) is 0 Å². The van der Waals surface area contributed by atoms with Crippen molar-refractivity contribution in [3.63, 3.8) is 0 Å². The van der Waals surface area contributed by atoms with E-state index in [1.807, 2.05) is 32.0 Å². The number of anilines is 1. The molecule has 0 aromatic heterocycles. The molecule has 2 aromatic rings. The monoisotopic (exact) mass is 340 g/mol. The van der Waals surface area contributed by atoms with Gasteiger partial charge in [0, 0.05) is 26.3 Å². The largest absolute Gasteiger partial charge is 0.378 e. The highest BCUT2D eigenvalue weighted by molar-refractivity contribution is 8.01. The van der Waals surface area contributed by atoms with Gasteiger partial charge in [0.05, 0.1) is 5.25 Å². The highest BCUT2D eigenvalue weighted by Crippen LogP contribution is 2.43. The van der Waals surface area contributed by atoms with Gasteiger partial charge in [-0.15, -0.1) is 11.8 Å². The second-order valence-corrected chi connectivity index (χ2v) is 7.81. The molecule has 1 saturated heterocycles. The van der Waals surface area contributed by atoms with Crippen LogP contribution in [0, 0.1) is 0 Å². The number of rotatable bonds is 5. The molecule has 0 bridgehead atoms. The lowest BCUT2D eigenvalue weighted by Gasteiger charge is -2.25. The van der Waals surface area contributed by atoms with Crippen molar-refractivity contribution < 1.29 is 4.79 Å². The van der Waals surface area contributed by atoms with Crippen molar-refractivity contribution in [1.82, 2.24) is 4.90 Å². The second-order valence-electron chi connectivity index (χ2n) is 6.38. The summed E-state index contributed by atoms with van der Waals surface area (Å²) >= 11 is 1.75. The Morgan fingerprint density at radius 1 is 1.04 bits per heavy atom. The molecule has 0 N–H and O–H groups in total. The van der Waals surface area contributed by atoms with Crippen molar-refractivity contribution in [3.05, 3.63) is 65.7 Å². The van der Waals surface area contributed by atoms with Crippen molar-refractivity contribution >= 4 is 23.4 Å². The van der Waals surface area contributed by atoms with Crippen LogP contribution in [0.15, 0.2) is 54.6 Å². The standard InChI is InChI=1S/C20H24N2OS/c1-15-19(23)22(14-13-16-7-5-4-6-8-16)20(24-15)17-9-11-18(12-10-17)21(2)3/h4-12,15,20H,13-14H2,1-3H3. The molecule has 3 rings (SSSR count). The van der Waals surface area contributed by atoms with Gasteiger partial charge in [0.25, 0.3) is 0 Å². The van der Waals surface area contributed by atoms with Crippen LogP contribution in [0.1, 0.15) is 23.4 Å². The van der Waals surface area contributed by atoms with Crippen molar-refractivity contribution in [3.8, 4) is 0 Å². The Morgan fingerprint density at radius 2 is 1.71 bits per heavy atom. The van der Waals surface area contributed by atoms with Crippen LogP contribution in [0.4, 0.5) is 5.69 Å². The molecule has 1 aliphatic heterocycles. The minimum Gasteiger partial charge on any atom is -0.378 e. The number of amides is 1. The molecule has 1 aliphatic rings. The minimum absolute atomic E-state index is 0.0271. The van der Waals surface area contributed by atoms with Gasteiger partial charge >= 0.3 is 0 Å². The Morgan fingerprint density at radius 3 is 2.33 bits per heavy atom. The van der Waals surface area contributed by atoms with E-state index in [1.165, 1.54) is 16.8 Å². The molecular formula is C20H24N2OS. The van der Waals surface area contributed by atoms with Crippen molar-refractivity contribution in [2.75, 3.05) is 25.5 Å². The van der Waals surface area contributed by atoms with Crippen LogP contribution < -0.4 is 4.90 Å². The Hall–Kier alpha value is -1.94. The van der Waals surface area contributed by atoms with Crippen LogP contribution in [0.25, 0.3) is 0 Å². The first-order valence-electron chi connectivity index (χ1n) is 8.33. The van der Waals surface area contributed by atoms with Gasteiger partial charge in [-0.05, 0) is 36.6 Å². The van der Waals surface area contributed by atoms with Crippen LogP contribution in [0.5, 0.6) is 0 Å². The average Bonchev–Trinajstić information content (AvgIpc) is 2.89. The predicted molar refractivity (Wildman–Crippen MR) is 102 cm³/mol. The van der Waals surface area contributed by atoms with Crippen LogP contribution in [-0.2, 0) is 11.2 Å². The molecule has 1 fully saturated rings. The number of hydrogen-bond donors (Lipinski definition) is 0. The quantitative estimate of drug-likeness (QED) is 0.823. The van der Waals surface area contributed by atoms with E-state index in [9.17, 15) is 4.79 Å². The molecule has 126 valence electrons. The maximum Gasteiger partial charge on any atom is 0.236 e. The normalized spacial score (nSPS) is 20.5. The summed E-state index contributed by atoms with van der Waals surface area (Å²) in [5, 5.41) is 0.145. The fraction of sp³-hybridized carbons (Fsp3) is 0.350. The fourth-order valence-electron chi connectivity index (χ4n) is 2.99. The number of nitrogens with zero attached hydrogens (tertiary/aromatic N) is 2. The van der Waals surface area contributed by atoms with Crippen molar-refractivity contribution in [2.45, 2.75) is 24.0 Å². The lowest BCUT2D eigenvalue weighted by molar-refractivity contribution is -0.129. The molecule has 0 radical (unpaired) electrons. The number of carbonyl (C=O) groups is 1. The highest BCUT2D eigenvalue weighted by Gasteiger charge is 2.37. The summed E-state index contributed by atoms with van der Waals surface area (Å²) in [7, 11) is 4.08. The van der Waals surface area contributed by atoms with Gasteiger partial charge < -0.3 is 9.80 Å². The summed E-state index contributed by atoms with van der Waals surface area (Å²) in [6, 6.07) is 18.9. The van der Waals surface area contributed by atoms with Crippen molar-refractivity contribution in [1.29, 1.82) is 0 Å². The fourth-order valence-corrected chi connectivity index (χ4v) is 4.30. The maximum atomic E-state index is 12.6. The van der Waals surface area contributed by atoms with E-state index in [1.54, 1.807) is 11.8 Å². The number of carbonyl (C=O) groups excluding carboxylic acids is 1. The lowest BCUT2D eigenvalue weighted by Crippen LogP contribution is -2.32. The average molecular weight is 340 g/mol. The molecular weight excluding hydrogens is 316 g/mol. The molecule has 1 heterocycles. The van der Waals surface area contributed by atoms with E-state index < -0.39 is 0 Å². The lowest BCUT2D eigenvalue weighted by atomic mass is 10.1. The van der Waals surface area contributed by atoms with E-state index in [0.717, 1.165) is 13.0 Å². The maximum absolute atomic E-state index is 12.6. The van der Waals surface area contributed by atoms with E-state index >= 15 is 0 Å². The van der Waals surface area contributed by atoms with E-state index in [4.69, 9.17) is 0 Å². The number of thioether (sulfide) groups is 1. The summed E-state index contributed by atoms with van der Waals surface area (Å²) in [5.41, 5.74) is 3.66. The molecule has 0 saturated carbocycles. The van der Waals surface area contributed by atoms with Gasteiger partial charge in [0.2, 0.25) is 5.91 Å². The zero-order chi connectivity index (χ0) is 17.1. The van der Waals surface area contributed by atoms with Crippen LogP contribution in [-0.4, -0.2) is 36.7 Å². The molecule has 3 nitrogen and oxygen atoms in total. The summed E-state index contributed by atoms with van der Waals surface area (Å²) in [6.45, 7) is 2.77. The Kier molecular flexibility index (Phi) is 5.14. The Labute approximate surface area is 148 Å². The molecule has 2 atom stereocenters. The third-order valence-corrected chi connectivity index (χ3v) is 5.82. The minimum atomic E-state index is 0.0271. The van der Waals surface area contributed by atoms with Gasteiger partial charge in [-0.2, -0.15) is 0 Å². The van der Waals surface area contributed by atoms with E-state index in [2.05, 4.69) is 53.4 Å². The topological polar surface area (TPSA) is 23.6 Å². The van der Waals surface area contributed by atoms with Gasteiger partial charge in [0.1, 0.15) is 5.37 Å². The highest BCUT2D eigenvalue weighted by atomic mass is 32.2. The zero-order valence-corrected chi connectivity index (χ0v) is 15.3. The zero-order valence-electron chi connectivity index (χ0n) is 14.5. The van der Waals surface area contributed by atoms with E-state index in [-0.39, 0.29) is 16.5 Å². The predicted octanol–water partition coefficient (Wildman–Crippen LogP) is 3.96. The summed E-state index contributed by atoms with van der Waals surface area (Å²) in [5.74, 6) is 0.248. The molecule has 1 amide bonds. The Balaban J connectivity index is 1.76. The molecule has 0 aliphatic carbocycles. The van der Waals surface area contributed by atoms with Crippen molar-refractivity contribution in [2.24, 2.45) is 0 Å². The molecule has 24 heavy (non-hydrogen) atoms. The first kappa shape index (κ1) is 16.9. The second kappa shape index (κ2) is 7.31. The SMILES string of the molecule is CC1SC(c2ccc(N(C)C)cc2)N(CCc2ccccc2)C1=O. The first-order chi connectivity index (χ1) is 11.6. The van der Waals surface area contributed by atoms with Gasteiger partial charge in [-0.25, -0.2) is 0 Å². The first-order valence-corrected chi connectivity index (χ1v) is 9.27. The van der Waals surface area contributed by atoms with Crippen LogP contribution in [0.3, 0.4) is 0 Å². The summed E-state index contributed by atoms with van der Waals surface area (Å²) < 4.78 is 0. The molecule has 4 heteroatoms. The molecule has 2 aromatic carbocycles. The van der Waals surface area contributed by atoms with Gasteiger partial charge in [-0.1, -0.05) is 42.5 Å².